The number of thiophene rings is 1. The molecule has 11 heteroatoms. The van der Waals surface area contributed by atoms with E-state index in [1.165, 1.54) is 6.07 Å². The van der Waals surface area contributed by atoms with Crippen LogP contribution in [0.1, 0.15) is 16.8 Å². The van der Waals surface area contributed by atoms with Crippen LogP contribution in [0.4, 0.5) is 10.5 Å². The smallest absolute Gasteiger partial charge is 0.307 e. The van der Waals surface area contributed by atoms with Crippen molar-refractivity contribution in [2.24, 2.45) is 0 Å². The van der Waals surface area contributed by atoms with Crippen LogP contribution in [0.15, 0.2) is 63.6 Å². The Kier molecular flexibility index (Phi) is 5.92. The fourth-order valence-electron chi connectivity index (χ4n) is 4.25. The first-order valence-electron chi connectivity index (χ1n) is 10.7. The standard InChI is InChI=1S/C24H21ClN4O4S2/c1-14-11-21(34-22(14)25)35(32,33)27-24(31)26-15-7-9-16(10-8-15)29-20-13-28(2)12-19(20)17-5-3-4-6-18(17)23(29)30/h3-11H,12-13H2,1-2H3,(H2,26,27,31). The van der Waals surface area contributed by atoms with Gasteiger partial charge in [0, 0.05) is 35.5 Å². The summed E-state index contributed by atoms with van der Waals surface area (Å²) in [7, 11) is -2.04. The number of hydrogen-bond acceptors (Lipinski definition) is 6. The minimum absolute atomic E-state index is 0.0417. The number of benzene rings is 2. The number of fused-ring (bicyclic) bond motifs is 3. The Hall–Kier alpha value is -3.18. The lowest BCUT2D eigenvalue weighted by atomic mass is 10.0. The van der Waals surface area contributed by atoms with Crippen LogP contribution in [0.2, 0.25) is 4.34 Å². The van der Waals surface area contributed by atoms with Crippen LogP contribution in [0, 0.1) is 6.92 Å². The summed E-state index contributed by atoms with van der Waals surface area (Å²) < 4.78 is 28.9. The average Bonchev–Trinajstić information content (AvgIpc) is 3.37. The maximum Gasteiger partial charge on any atom is 0.333 e. The zero-order chi connectivity index (χ0) is 24.9. The van der Waals surface area contributed by atoms with Gasteiger partial charge in [-0.15, -0.1) is 11.3 Å². The van der Waals surface area contributed by atoms with Crippen LogP contribution < -0.4 is 15.6 Å². The largest absolute Gasteiger partial charge is 0.333 e. The van der Waals surface area contributed by atoms with Crippen molar-refractivity contribution in [3.63, 3.8) is 0 Å². The Labute approximate surface area is 210 Å². The minimum atomic E-state index is -4.05. The third-order valence-electron chi connectivity index (χ3n) is 5.86. The van der Waals surface area contributed by atoms with Gasteiger partial charge in [0.2, 0.25) is 0 Å². The van der Waals surface area contributed by atoms with Crippen molar-refractivity contribution in [2.45, 2.75) is 24.2 Å². The molecular formula is C24H21ClN4O4S2. The van der Waals surface area contributed by atoms with Crippen LogP contribution in [0.25, 0.3) is 16.5 Å². The van der Waals surface area contributed by atoms with Gasteiger partial charge in [-0.3, -0.25) is 14.3 Å². The molecule has 0 saturated heterocycles. The SMILES string of the molecule is Cc1cc(S(=O)(=O)NC(=O)Nc2ccc(-n3c4c(c5ccccc5c3=O)CN(C)C4)cc2)sc1Cl. The lowest BCUT2D eigenvalue weighted by Gasteiger charge is -2.15. The quantitative estimate of drug-likeness (QED) is 0.407. The zero-order valence-corrected chi connectivity index (χ0v) is 21.2. The van der Waals surface area contributed by atoms with Gasteiger partial charge in [-0.25, -0.2) is 17.9 Å². The molecule has 8 nitrogen and oxygen atoms in total. The van der Waals surface area contributed by atoms with Crippen molar-refractivity contribution in [3.8, 4) is 5.69 Å². The topological polar surface area (TPSA) is 101 Å². The molecule has 35 heavy (non-hydrogen) atoms. The van der Waals surface area contributed by atoms with Crippen LogP contribution in [-0.4, -0.2) is 31.0 Å². The zero-order valence-electron chi connectivity index (χ0n) is 18.8. The van der Waals surface area contributed by atoms with Gasteiger partial charge in [-0.05, 0) is 66.9 Å². The number of amides is 2. The van der Waals surface area contributed by atoms with E-state index in [9.17, 15) is 18.0 Å². The van der Waals surface area contributed by atoms with Gasteiger partial charge in [-0.2, -0.15) is 0 Å². The molecular weight excluding hydrogens is 508 g/mol. The molecule has 0 fully saturated rings. The number of sulfonamides is 1. The van der Waals surface area contributed by atoms with Crippen LogP contribution in [-0.2, 0) is 23.1 Å². The highest BCUT2D eigenvalue weighted by atomic mass is 35.5. The number of hydrogen-bond donors (Lipinski definition) is 2. The van der Waals surface area contributed by atoms with Crippen molar-refractivity contribution >= 4 is 55.5 Å². The predicted molar refractivity (Wildman–Crippen MR) is 138 cm³/mol. The van der Waals surface area contributed by atoms with Crippen LogP contribution >= 0.6 is 22.9 Å². The first-order chi connectivity index (χ1) is 16.6. The molecule has 0 spiro atoms. The fourth-order valence-corrected chi connectivity index (χ4v) is 6.87. The second-order valence-electron chi connectivity index (χ2n) is 8.41. The maximum absolute atomic E-state index is 13.4. The third kappa shape index (κ3) is 4.34. The number of aryl methyl sites for hydroxylation is 1. The van der Waals surface area contributed by atoms with E-state index in [4.69, 9.17) is 11.6 Å². The summed E-state index contributed by atoms with van der Waals surface area (Å²) in [4.78, 5) is 27.9. The Balaban J connectivity index is 1.41. The molecule has 0 bridgehead atoms. The number of carbonyl (C=O) groups is 1. The van der Waals surface area contributed by atoms with Crippen LogP contribution in [0.5, 0.6) is 0 Å². The molecule has 180 valence electrons. The second-order valence-corrected chi connectivity index (χ2v) is 12.0. The van der Waals surface area contributed by atoms with Gasteiger partial charge in [0.05, 0.1) is 4.34 Å². The van der Waals surface area contributed by atoms with Gasteiger partial charge < -0.3 is 5.32 Å². The second kappa shape index (κ2) is 8.80. The van der Waals surface area contributed by atoms with Crippen LogP contribution in [0.3, 0.4) is 0 Å². The Morgan fingerprint density at radius 1 is 1.06 bits per heavy atom. The van der Waals surface area contributed by atoms with Crippen molar-refractivity contribution in [2.75, 3.05) is 12.4 Å². The van der Waals surface area contributed by atoms with Crippen molar-refractivity contribution in [3.05, 3.63) is 86.1 Å². The van der Waals surface area contributed by atoms with Gasteiger partial charge in [-0.1, -0.05) is 29.8 Å². The number of nitrogens with one attached hydrogen (secondary N) is 2. The average molecular weight is 529 g/mol. The van der Waals surface area contributed by atoms with E-state index in [-0.39, 0.29) is 9.77 Å². The number of urea groups is 1. The lowest BCUT2D eigenvalue weighted by molar-refractivity contribution is 0.256. The molecule has 3 heterocycles. The summed E-state index contributed by atoms with van der Waals surface area (Å²) in [5.41, 5.74) is 3.61. The van der Waals surface area contributed by atoms with Crippen molar-refractivity contribution in [1.29, 1.82) is 0 Å². The monoisotopic (exact) mass is 528 g/mol. The molecule has 0 aliphatic carbocycles. The van der Waals surface area contributed by atoms with E-state index in [0.717, 1.165) is 34.5 Å². The first kappa shape index (κ1) is 23.6. The fraction of sp³-hybridized carbons (Fsp3) is 0.167. The molecule has 2 N–H and O–H groups in total. The molecule has 1 aliphatic rings. The normalized spacial score (nSPS) is 13.7. The highest BCUT2D eigenvalue weighted by molar-refractivity contribution is 7.92. The van der Waals surface area contributed by atoms with Crippen molar-refractivity contribution < 1.29 is 13.2 Å². The Bertz CT molecular complexity index is 1620. The molecule has 2 aromatic carbocycles. The molecule has 4 aromatic rings. The highest BCUT2D eigenvalue weighted by Gasteiger charge is 2.25. The number of carbonyl (C=O) groups excluding carboxylic acids is 1. The molecule has 1 aliphatic heterocycles. The number of pyridine rings is 1. The van der Waals surface area contributed by atoms with E-state index >= 15 is 0 Å². The Morgan fingerprint density at radius 3 is 2.40 bits per heavy atom. The molecule has 0 atom stereocenters. The molecule has 0 unspecified atom stereocenters. The maximum atomic E-state index is 13.4. The number of nitrogens with zero attached hydrogens (tertiary/aromatic N) is 2. The van der Waals surface area contributed by atoms with E-state index < -0.39 is 16.1 Å². The number of aromatic nitrogens is 1. The minimum Gasteiger partial charge on any atom is -0.307 e. The Morgan fingerprint density at radius 2 is 1.74 bits per heavy atom. The van der Waals surface area contributed by atoms with Gasteiger partial charge in [0.25, 0.3) is 15.6 Å². The number of anilines is 1. The summed E-state index contributed by atoms with van der Waals surface area (Å²) in [6, 6.07) is 14.8. The third-order valence-corrected chi connectivity index (χ3v) is 9.22. The summed E-state index contributed by atoms with van der Waals surface area (Å²) in [5.74, 6) is 0. The van der Waals surface area contributed by atoms with Crippen molar-refractivity contribution in [1.82, 2.24) is 14.2 Å². The summed E-state index contributed by atoms with van der Waals surface area (Å²) in [6.07, 6.45) is 0. The first-order valence-corrected chi connectivity index (χ1v) is 13.4. The summed E-state index contributed by atoms with van der Waals surface area (Å²) in [5, 5.41) is 4.13. The van der Waals surface area contributed by atoms with Gasteiger partial charge in [0.1, 0.15) is 4.21 Å². The predicted octanol–water partition coefficient (Wildman–Crippen LogP) is 4.47. The lowest BCUT2D eigenvalue weighted by Crippen LogP contribution is -2.34. The summed E-state index contributed by atoms with van der Waals surface area (Å²) in [6.45, 7) is 3.08. The number of halogens is 1. The van der Waals surface area contributed by atoms with Gasteiger partial charge >= 0.3 is 6.03 Å². The van der Waals surface area contributed by atoms with E-state index in [2.05, 4.69) is 10.2 Å². The van der Waals surface area contributed by atoms with E-state index in [1.54, 1.807) is 35.8 Å². The summed E-state index contributed by atoms with van der Waals surface area (Å²) >= 11 is 6.83. The molecule has 0 saturated carbocycles. The van der Waals surface area contributed by atoms with E-state index in [1.807, 2.05) is 36.0 Å². The number of rotatable bonds is 4. The molecule has 2 aromatic heterocycles. The highest BCUT2D eigenvalue weighted by Crippen LogP contribution is 2.31. The molecule has 2 amide bonds. The van der Waals surface area contributed by atoms with Gasteiger partial charge in [0.15, 0.2) is 0 Å². The van der Waals surface area contributed by atoms with E-state index in [0.29, 0.717) is 33.2 Å². The molecule has 0 radical (unpaired) electrons. The molecule has 5 rings (SSSR count).